The summed E-state index contributed by atoms with van der Waals surface area (Å²) < 4.78 is 5.45. The van der Waals surface area contributed by atoms with Gasteiger partial charge in [-0.3, -0.25) is 0 Å². The number of nitrogens with two attached hydrogens (primary N) is 1. The molecule has 0 spiro atoms. The first-order chi connectivity index (χ1) is 8.72. The van der Waals surface area contributed by atoms with Gasteiger partial charge in [-0.05, 0) is 30.3 Å². The van der Waals surface area contributed by atoms with Gasteiger partial charge in [0.15, 0.2) is 5.69 Å². The Bertz CT molecular complexity index is 650. The molecule has 1 aromatic carbocycles. The van der Waals surface area contributed by atoms with Crippen molar-refractivity contribution in [3.05, 3.63) is 47.7 Å². The van der Waals surface area contributed by atoms with Gasteiger partial charge in [-0.2, -0.15) is 10.5 Å². The molecule has 0 aliphatic carbocycles. The Morgan fingerprint density at radius 3 is 2.33 bits per heavy atom. The molecule has 0 radical (unpaired) electrons. The minimum atomic E-state index is 0.126. The summed E-state index contributed by atoms with van der Waals surface area (Å²) in [7, 11) is 0. The summed E-state index contributed by atoms with van der Waals surface area (Å²) in [5, 5.41) is 17.5. The van der Waals surface area contributed by atoms with E-state index in [2.05, 4.69) is 4.98 Å². The quantitative estimate of drug-likeness (QED) is 0.862. The van der Waals surface area contributed by atoms with Crippen LogP contribution in [0.5, 0.6) is 11.6 Å². The number of nitrogen functional groups attached to an aromatic ring is 1. The second-order valence-corrected chi connectivity index (χ2v) is 3.44. The van der Waals surface area contributed by atoms with E-state index in [-0.39, 0.29) is 11.6 Å². The molecule has 0 atom stereocenters. The third-order valence-electron chi connectivity index (χ3n) is 2.21. The zero-order valence-corrected chi connectivity index (χ0v) is 9.29. The number of aromatic nitrogens is 1. The number of benzene rings is 1. The summed E-state index contributed by atoms with van der Waals surface area (Å²) in [4.78, 5) is 3.96. The Kier molecular flexibility index (Phi) is 3.08. The highest BCUT2D eigenvalue weighted by atomic mass is 16.5. The van der Waals surface area contributed by atoms with Gasteiger partial charge in [-0.15, -0.1) is 0 Å². The largest absolute Gasteiger partial charge is 0.439 e. The summed E-state index contributed by atoms with van der Waals surface area (Å²) >= 11 is 0. The number of hydrogen-bond acceptors (Lipinski definition) is 5. The van der Waals surface area contributed by atoms with Crippen molar-refractivity contribution in [2.75, 3.05) is 5.73 Å². The Balaban J connectivity index is 2.24. The molecule has 0 bridgehead atoms. The third kappa shape index (κ3) is 2.37. The van der Waals surface area contributed by atoms with Gasteiger partial charge >= 0.3 is 0 Å². The molecule has 0 saturated heterocycles. The van der Waals surface area contributed by atoms with Crippen LogP contribution < -0.4 is 10.5 Å². The molecule has 0 aliphatic rings. The number of ether oxygens (including phenoxy) is 1. The van der Waals surface area contributed by atoms with Gasteiger partial charge in [0, 0.05) is 6.07 Å². The molecule has 1 aromatic heterocycles. The van der Waals surface area contributed by atoms with Crippen LogP contribution in [0.1, 0.15) is 11.3 Å². The summed E-state index contributed by atoms with van der Waals surface area (Å²) in [6, 6.07) is 13.6. The number of nitrogens with zero attached hydrogens (tertiary/aromatic N) is 3. The lowest BCUT2D eigenvalue weighted by Crippen LogP contribution is -1.96. The molecule has 5 heteroatoms. The van der Waals surface area contributed by atoms with E-state index in [1.165, 1.54) is 0 Å². The van der Waals surface area contributed by atoms with Crippen molar-refractivity contribution in [3.8, 4) is 23.8 Å². The first-order valence-electron chi connectivity index (χ1n) is 5.07. The normalized spacial score (nSPS) is 9.22. The molecule has 0 aliphatic heterocycles. The second-order valence-electron chi connectivity index (χ2n) is 3.44. The maximum atomic E-state index is 8.79. The van der Waals surface area contributed by atoms with E-state index < -0.39 is 0 Å². The van der Waals surface area contributed by atoms with Gasteiger partial charge in [0.1, 0.15) is 11.8 Å². The highest BCUT2D eigenvalue weighted by Gasteiger charge is 2.04. The molecule has 1 heterocycles. The number of nitriles is 2. The van der Waals surface area contributed by atoms with Crippen LogP contribution in [0.3, 0.4) is 0 Å². The minimum absolute atomic E-state index is 0.126. The number of pyridine rings is 1. The fourth-order valence-electron chi connectivity index (χ4n) is 1.32. The van der Waals surface area contributed by atoms with Crippen LogP contribution >= 0.6 is 0 Å². The van der Waals surface area contributed by atoms with Crippen molar-refractivity contribution in [3.63, 3.8) is 0 Å². The van der Waals surface area contributed by atoms with Crippen molar-refractivity contribution in [1.29, 1.82) is 10.5 Å². The van der Waals surface area contributed by atoms with Crippen molar-refractivity contribution in [1.82, 2.24) is 4.98 Å². The maximum absolute atomic E-state index is 8.79. The van der Waals surface area contributed by atoms with Gasteiger partial charge < -0.3 is 10.5 Å². The first kappa shape index (κ1) is 11.4. The maximum Gasteiger partial charge on any atom is 0.220 e. The van der Waals surface area contributed by atoms with Crippen molar-refractivity contribution in [2.45, 2.75) is 0 Å². The van der Waals surface area contributed by atoms with Crippen LogP contribution in [0.2, 0.25) is 0 Å². The van der Waals surface area contributed by atoms with E-state index in [4.69, 9.17) is 21.0 Å². The number of rotatable bonds is 2. The van der Waals surface area contributed by atoms with Crippen LogP contribution in [0.15, 0.2) is 36.4 Å². The van der Waals surface area contributed by atoms with Crippen molar-refractivity contribution >= 4 is 5.69 Å². The SMILES string of the molecule is N#Cc1ccc(Oc2ccc(N)c(C#N)n2)cc1. The minimum Gasteiger partial charge on any atom is -0.439 e. The Hall–Kier alpha value is -3.05. The molecule has 0 unspecified atom stereocenters. The standard InChI is InChI=1S/C13H8N4O/c14-7-9-1-3-10(4-2-9)18-13-6-5-11(16)12(8-15)17-13/h1-6H,16H2. The molecule has 2 N–H and O–H groups in total. The summed E-state index contributed by atoms with van der Waals surface area (Å²) in [5.74, 6) is 0.820. The second kappa shape index (κ2) is 4.86. The molecule has 0 fully saturated rings. The molecular formula is C13H8N4O. The summed E-state index contributed by atoms with van der Waals surface area (Å²) in [6.45, 7) is 0. The fourth-order valence-corrected chi connectivity index (χ4v) is 1.32. The highest BCUT2D eigenvalue weighted by Crippen LogP contribution is 2.21. The van der Waals surface area contributed by atoms with Gasteiger partial charge in [0.2, 0.25) is 5.88 Å². The Morgan fingerprint density at radius 2 is 1.72 bits per heavy atom. The molecule has 2 aromatic rings. The van der Waals surface area contributed by atoms with E-state index >= 15 is 0 Å². The van der Waals surface area contributed by atoms with Gasteiger partial charge in [0.25, 0.3) is 0 Å². The molecule has 0 amide bonds. The van der Waals surface area contributed by atoms with Crippen LogP contribution in [-0.4, -0.2) is 4.98 Å². The summed E-state index contributed by atoms with van der Waals surface area (Å²) in [5.41, 5.74) is 6.54. The molecule has 5 nitrogen and oxygen atoms in total. The molecule has 0 saturated carbocycles. The van der Waals surface area contributed by atoms with Crippen LogP contribution in [0, 0.1) is 22.7 Å². The predicted molar refractivity (Wildman–Crippen MR) is 64.6 cm³/mol. The Labute approximate surface area is 104 Å². The monoisotopic (exact) mass is 236 g/mol. The van der Waals surface area contributed by atoms with Gasteiger partial charge in [-0.1, -0.05) is 0 Å². The predicted octanol–water partition coefficient (Wildman–Crippen LogP) is 2.20. The average molecular weight is 236 g/mol. The Morgan fingerprint density at radius 1 is 1.00 bits per heavy atom. The molecular weight excluding hydrogens is 228 g/mol. The van der Waals surface area contributed by atoms with Crippen LogP contribution in [-0.2, 0) is 0 Å². The smallest absolute Gasteiger partial charge is 0.220 e. The van der Waals surface area contributed by atoms with E-state index in [0.29, 0.717) is 17.0 Å². The van der Waals surface area contributed by atoms with E-state index in [9.17, 15) is 0 Å². The lowest BCUT2D eigenvalue weighted by Gasteiger charge is -2.05. The number of hydrogen-bond donors (Lipinski definition) is 1. The highest BCUT2D eigenvalue weighted by molar-refractivity contribution is 5.51. The number of anilines is 1. The lowest BCUT2D eigenvalue weighted by atomic mass is 10.2. The van der Waals surface area contributed by atoms with Crippen molar-refractivity contribution in [2.24, 2.45) is 0 Å². The van der Waals surface area contributed by atoms with Gasteiger partial charge in [0.05, 0.1) is 17.3 Å². The zero-order chi connectivity index (χ0) is 13.0. The lowest BCUT2D eigenvalue weighted by molar-refractivity contribution is 0.462. The molecule has 2 rings (SSSR count). The average Bonchev–Trinajstić information content (AvgIpc) is 2.42. The van der Waals surface area contributed by atoms with E-state index in [1.807, 2.05) is 12.1 Å². The van der Waals surface area contributed by atoms with Gasteiger partial charge in [-0.25, -0.2) is 4.98 Å². The first-order valence-corrected chi connectivity index (χ1v) is 5.07. The topological polar surface area (TPSA) is 95.7 Å². The zero-order valence-electron chi connectivity index (χ0n) is 9.29. The molecule has 86 valence electrons. The van der Waals surface area contributed by atoms with E-state index in [0.717, 1.165) is 0 Å². The fraction of sp³-hybridized carbons (Fsp3) is 0. The van der Waals surface area contributed by atoms with Crippen LogP contribution in [0.25, 0.3) is 0 Å². The third-order valence-corrected chi connectivity index (χ3v) is 2.21. The van der Waals surface area contributed by atoms with E-state index in [1.54, 1.807) is 36.4 Å². The molecule has 18 heavy (non-hydrogen) atoms. The van der Waals surface area contributed by atoms with Crippen molar-refractivity contribution < 1.29 is 4.74 Å². The van der Waals surface area contributed by atoms with Crippen LogP contribution in [0.4, 0.5) is 5.69 Å². The summed E-state index contributed by atoms with van der Waals surface area (Å²) in [6.07, 6.45) is 0.